The first kappa shape index (κ1) is 10.2. The predicted octanol–water partition coefficient (Wildman–Crippen LogP) is 3.01. The number of thiophene rings is 1. The molecule has 2 rings (SSSR count). The van der Waals surface area contributed by atoms with E-state index in [1.165, 1.54) is 13.7 Å². The zero-order valence-corrected chi connectivity index (χ0v) is 10.6. The van der Waals surface area contributed by atoms with Gasteiger partial charge in [-0.1, -0.05) is 0 Å². The van der Waals surface area contributed by atoms with Crippen LogP contribution in [0.2, 0.25) is 0 Å². The van der Waals surface area contributed by atoms with Crippen molar-refractivity contribution < 1.29 is 9.84 Å². The molecule has 2 aromatic rings. The second kappa shape index (κ2) is 4.04. The summed E-state index contributed by atoms with van der Waals surface area (Å²) < 4.78 is 7.62. The summed E-state index contributed by atoms with van der Waals surface area (Å²) >= 11 is 3.99. The largest absolute Gasteiger partial charge is 0.496 e. The second-order valence-corrected chi connectivity index (χ2v) is 4.98. The van der Waals surface area contributed by atoms with Gasteiger partial charge < -0.3 is 9.84 Å². The van der Waals surface area contributed by atoms with Crippen molar-refractivity contribution in [1.29, 1.82) is 0 Å². The van der Waals surface area contributed by atoms with Gasteiger partial charge in [0.15, 0.2) is 0 Å². The molecule has 0 saturated carbocycles. The van der Waals surface area contributed by atoms with Gasteiger partial charge in [-0.05, 0) is 34.7 Å². The minimum Gasteiger partial charge on any atom is -0.496 e. The number of methoxy groups -OCH3 is 1. The first-order valence-electron chi connectivity index (χ1n) is 4.10. The number of rotatable bonds is 2. The highest BCUT2D eigenvalue weighted by molar-refractivity contribution is 14.1. The van der Waals surface area contributed by atoms with Gasteiger partial charge in [0.2, 0.25) is 0 Å². The van der Waals surface area contributed by atoms with Crippen molar-refractivity contribution >= 4 is 44.0 Å². The summed E-state index contributed by atoms with van der Waals surface area (Å²) in [4.78, 5) is 0. The number of fused-ring (bicyclic) bond motifs is 1. The quantitative estimate of drug-likeness (QED) is 0.862. The van der Waals surface area contributed by atoms with Crippen LogP contribution in [0.4, 0.5) is 0 Å². The van der Waals surface area contributed by atoms with Gasteiger partial charge in [-0.15, -0.1) is 11.3 Å². The van der Waals surface area contributed by atoms with Crippen molar-refractivity contribution in [1.82, 2.24) is 0 Å². The molecular weight excluding hydrogens is 311 g/mol. The Morgan fingerprint density at radius 1 is 1.50 bits per heavy atom. The van der Waals surface area contributed by atoms with Gasteiger partial charge in [0.25, 0.3) is 0 Å². The lowest BCUT2D eigenvalue weighted by molar-refractivity contribution is 0.274. The molecule has 0 spiro atoms. The van der Waals surface area contributed by atoms with Gasteiger partial charge in [0, 0.05) is 24.6 Å². The van der Waals surface area contributed by atoms with Crippen molar-refractivity contribution in [3.05, 3.63) is 26.6 Å². The van der Waals surface area contributed by atoms with Gasteiger partial charge in [0.05, 0.1) is 13.7 Å². The van der Waals surface area contributed by atoms with E-state index < -0.39 is 0 Å². The molecule has 0 radical (unpaired) electrons. The third kappa shape index (κ3) is 1.62. The fourth-order valence-corrected chi connectivity index (χ4v) is 3.22. The molecule has 0 aliphatic carbocycles. The molecule has 4 heteroatoms. The van der Waals surface area contributed by atoms with Crippen molar-refractivity contribution in [3.63, 3.8) is 0 Å². The van der Waals surface area contributed by atoms with E-state index in [1.807, 2.05) is 12.1 Å². The van der Waals surface area contributed by atoms with Crippen LogP contribution in [0.5, 0.6) is 5.75 Å². The highest BCUT2D eigenvalue weighted by atomic mass is 127. The molecule has 1 heterocycles. The highest BCUT2D eigenvalue weighted by Crippen LogP contribution is 2.33. The monoisotopic (exact) mass is 320 g/mol. The number of halogens is 1. The number of hydrogen-bond donors (Lipinski definition) is 1. The molecule has 0 atom stereocenters. The van der Waals surface area contributed by atoms with E-state index >= 15 is 0 Å². The van der Waals surface area contributed by atoms with E-state index in [-0.39, 0.29) is 6.61 Å². The van der Waals surface area contributed by atoms with E-state index in [0.29, 0.717) is 0 Å². The van der Waals surface area contributed by atoms with Crippen LogP contribution in [0, 0.1) is 3.57 Å². The fraction of sp³-hybridized carbons (Fsp3) is 0.200. The molecule has 0 aliphatic heterocycles. The van der Waals surface area contributed by atoms with Crippen molar-refractivity contribution in [3.8, 4) is 5.75 Å². The molecule has 1 N–H and O–H groups in total. The molecular formula is C10H9IO2S. The second-order valence-electron chi connectivity index (χ2n) is 2.90. The molecule has 0 bridgehead atoms. The lowest BCUT2D eigenvalue weighted by atomic mass is 10.1. The minimum atomic E-state index is 0.0189. The summed E-state index contributed by atoms with van der Waals surface area (Å²) in [6, 6.07) is 3.97. The predicted molar refractivity (Wildman–Crippen MR) is 67.0 cm³/mol. The summed E-state index contributed by atoms with van der Waals surface area (Å²) in [5.41, 5.74) is 0.844. The van der Waals surface area contributed by atoms with Gasteiger partial charge >= 0.3 is 0 Å². The molecule has 2 nitrogen and oxygen atoms in total. The topological polar surface area (TPSA) is 29.5 Å². The zero-order chi connectivity index (χ0) is 10.1. The first-order chi connectivity index (χ1) is 6.76. The molecule has 14 heavy (non-hydrogen) atoms. The van der Waals surface area contributed by atoms with Gasteiger partial charge in [0.1, 0.15) is 5.75 Å². The van der Waals surface area contributed by atoms with Crippen LogP contribution >= 0.6 is 33.9 Å². The molecule has 0 fully saturated rings. The standard InChI is InChI=1S/C10H9IO2S/c1-13-9-3-10-7(2-6(9)4-12)8(11)5-14-10/h2-3,5,12H,4H2,1H3. The number of aliphatic hydroxyl groups is 1. The number of benzene rings is 1. The van der Waals surface area contributed by atoms with Crippen molar-refractivity contribution in [2.45, 2.75) is 6.61 Å². The molecule has 0 aliphatic rings. The van der Waals surface area contributed by atoms with Crippen LogP contribution in [-0.4, -0.2) is 12.2 Å². The summed E-state index contributed by atoms with van der Waals surface area (Å²) in [7, 11) is 1.62. The number of ether oxygens (including phenoxy) is 1. The van der Waals surface area contributed by atoms with E-state index in [4.69, 9.17) is 9.84 Å². The average Bonchev–Trinajstić information content (AvgIpc) is 2.58. The maximum Gasteiger partial charge on any atom is 0.125 e. The van der Waals surface area contributed by atoms with Crippen molar-refractivity contribution in [2.24, 2.45) is 0 Å². The van der Waals surface area contributed by atoms with E-state index in [0.717, 1.165) is 11.3 Å². The molecule has 0 saturated heterocycles. The average molecular weight is 320 g/mol. The third-order valence-electron chi connectivity index (χ3n) is 2.10. The van der Waals surface area contributed by atoms with Gasteiger partial charge in [-0.25, -0.2) is 0 Å². The number of aliphatic hydroxyl groups excluding tert-OH is 1. The van der Waals surface area contributed by atoms with E-state index in [2.05, 4.69) is 28.0 Å². The van der Waals surface area contributed by atoms with Gasteiger partial charge in [-0.3, -0.25) is 0 Å². The van der Waals surface area contributed by atoms with Crippen LogP contribution in [0.25, 0.3) is 10.1 Å². The normalized spacial score (nSPS) is 10.8. The first-order valence-corrected chi connectivity index (χ1v) is 6.06. The SMILES string of the molecule is COc1cc2scc(I)c2cc1CO. The Hall–Kier alpha value is -0.330. The maximum atomic E-state index is 9.16. The van der Waals surface area contributed by atoms with Crippen LogP contribution < -0.4 is 4.74 Å². The molecule has 74 valence electrons. The Balaban J connectivity index is 2.71. The molecule has 1 aromatic carbocycles. The lowest BCUT2D eigenvalue weighted by Gasteiger charge is -2.06. The zero-order valence-electron chi connectivity index (χ0n) is 7.58. The van der Waals surface area contributed by atoms with Crippen LogP contribution in [0.15, 0.2) is 17.5 Å². The summed E-state index contributed by atoms with van der Waals surface area (Å²) in [5, 5.41) is 12.5. The Morgan fingerprint density at radius 3 is 2.93 bits per heavy atom. The Labute approximate surface area is 99.7 Å². The van der Waals surface area contributed by atoms with E-state index in [1.54, 1.807) is 18.4 Å². The summed E-state index contributed by atoms with van der Waals surface area (Å²) in [6.45, 7) is 0.0189. The van der Waals surface area contributed by atoms with Crippen LogP contribution in [-0.2, 0) is 6.61 Å². The number of hydrogen-bond acceptors (Lipinski definition) is 3. The maximum absolute atomic E-state index is 9.16. The third-order valence-corrected chi connectivity index (χ3v) is 4.36. The van der Waals surface area contributed by atoms with Crippen LogP contribution in [0.3, 0.4) is 0 Å². The fourth-order valence-electron chi connectivity index (χ4n) is 1.38. The molecule has 1 aromatic heterocycles. The Kier molecular flexibility index (Phi) is 2.94. The lowest BCUT2D eigenvalue weighted by Crippen LogP contribution is -1.91. The minimum absolute atomic E-state index is 0.0189. The Morgan fingerprint density at radius 2 is 2.29 bits per heavy atom. The van der Waals surface area contributed by atoms with E-state index in [9.17, 15) is 0 Å². The van der Waals surface area contributed by atoms with Crippen LogP contribution in [0.1, 0.15) is 5.56 Å². The van der Waals surface area contributed by atoms with Crippen molar-refractivity contribution in [2.75, 3.05) is 7.11 Å². The summed E-state index contributed by atoms with van der Waals surface area (Å²) in [6.07, 6.45) is 0. The van der Waals surface area contributed by atoms with Gasteiger partial charge in [-0.2, -0.15) is 0 Å². The highest BCUT2D eigenvalue weighted by Gasteiger charge is 2.07. The molecule has 0 unspecified atom stereocenters. The summed E-state index contributed by atoms with van der Waals surface area (Å²) in [5.74, 6) is 0.762. The molecule has 0 amide bonds. The smallest absolute Gasteiger partial charge is 0.125 e. The Bertz CT molecular complexity index is 464.